The third-order valence-corrected chi connectivity index (χ3v) is 4.56. The number of carbonyl (C=O) groups is 2. The highest BCUT2D eigenvalue weighted by Gasteiger charge is 2.22. The Hall–Kier alpha value is -2.96. The lowest BCUT2D eigenvalue weighted by Crippen LogP contribution is -2.41. The van der Waals surface area contributed by atoms with Crippen LogP contribution in [0.25, 0.3) is 0 Å². The average molecular weight is 353 g/mol. The van der Waals surface area contributed by atoms with Crippen LogP contribution in [-0.2, 0) is 0 Å². The number of nitrogens with one attached hydrogen (secondary N) is 2. The van der Waals surface area contributed by atoms with Gasteiger partial charge in [-0.25, -0.2) is 9.78 Å². The summed E-state index contributed by atoms with van der Waals surface area (Å²) in [7, 11) is 0. The number of rotatable bonds is 5. The van der Waals surface area contributed by atoms with Gasteiger partial charge in [0, 0.05) is 37.7 Å². The molecule has 0 saturated carbocycles. The molecule has 26 heavy (non-hydrogen) atoms. The first-order chi connectivity index (χ1) is 12.7. The number of urea groups is 1. The van der Waals surface area contributed by atoms with Gasteiger partial charge in [-0.15, -0.1) is 0 Å². The molecule has 7 nitrogen and oxygen atoms in total. The van der Waals surface area contributed by atoms with Crippen LogP contribution in [0.5, 0.6) is 0 Å². The summed E-state index contributed by atoms with van der Waals surface area (Å²) >= 11 is 0. The molecule has 0 bridgehead atoms. The van der Waals surface area contributed by atoms with Crippen LogP contribution in [0.4, 0.5) is 10.5 Å². The minimum Gasteiger partial charge on any atom is -0.351 e. The number of benzene rings is 1. The second-order valence-corrected chi connectivity index (χ2v) is 6.36. The van der Waals surface area contributed by atoms with Crippen molar-refractivity contribution in [1.82, 2.24) is 20.2 Å². The number of nitrogens with zero attached hydrogens (tertiary/aromatic N) is 3. The van der Waals surface area contributed by atoms with Crippen molar-refractivity contribution in [3.63, 3.8) is 0 Å². The van der Waals surface area contributed by atoms with Gasteiger partial charge in [0.1, 0.15) is 5.69 Å². The summed E-state index contributed by atoms with van der Waals surface area (Å²) < 4.78 is 0. The SMILES string of the molecule is O=C(NCCC1CCN(C(=O)Nc2ccccc2)CC1)c1cnccn1. The summed E-state index contributed by atoms with van der Waals surface area (Å²) in [5.74, 6) is 0.315. The molecule has 0 spiro atoms. The molecule has 1 aliphatic rings. The minimum atomic E-state index is -0.197. The second-order valence-electron chi connectivity index (χ2n) is 6.36. The van der Waals surface area contributed by atoms with E-state index in [1.54, 1.807) is 6.20 Å². The van der Waals surface area contributed by atoms with Gasteiger partial charge in [0.25, 0.3) is 5.91 Å². The zero-order chi connectivity index (χ0) is 18.2. The van der Waals surface area contributed by atoms with Crippen molar-refractivity contribution in [2.75, 3.05) is 25.0 Å². The van der Waals surface area contributed by atoms with Crippen LogP contribution in [0, 0.1) is 5.92 Å². The van der Waals surface area contributed by atoms with E-state index in [-0.39, 0.29) is 11.9 Å². The molecular formula is C19H23N5O2. The number of piperidine rings is 1. The standard InChI is InChI=1S/C19H23N5O2/c25-18(17-14-20-10-11-21-17)22-9-6-15-7-12-24(13-8-15)19(26)23-16-4-2-1-3-5-16/h1-5,10-11,14-15H,6-9,12-13H2,(H,22,25)(H,23,26). The summed E-state index contributed by atoms with van der Waals surface area (Å²) in [6, 6.07) is 9.43. The highest BCUT2D eigenvalue weighted by Crippen LogP contribution is 2.20. The second kappa shape index (κ2) is 8.94. The van der Waals surface area contributed by atoms with Gasteiger partial charge in [0.05, 0.1) is 6.20 Å². The van der Waals surface area contributed by atoms with E-state index in [4.69, 9.17) is 0 Å². The molecule has 0 atom stereocenters. The summed E-state index contributed by atoms with van der Waals surface area (Å²) in [6.45, 7) is 2.08. The molecule has 0 radical (unpaired) electrons. The molecule has 1 saturated heterocycles. The quantitative estimate of drug-likeness (QED) is 0.865. The Morgan fingerprint density at radius 1 is 1.12 bits per heavy atom. The third-order valence-electron chi connectivity index (χ3n) is 4.56. The molecule has 7 heteroatoms. The Bertz CT molecular complexity index is 715. The fraction of sp³-hybridized carbons (Fsp3) is 0.368. The normalized spacial score (nSPS) is 14.7. The maximum absolute atomic E-state index is 12.3. The zero-order valence-corrected chi connectivity index (χ0v) is 14.6. The van der Waals surface area contributed by atoms with Crippen LogP contribution in [0.3, 0.4) is 0 Å². The van der Waals surface area contributed by atoms with Crippen molar-refractivity contribution in [3.05, 3.63) is 54.6 Å². The van der Waals surface area contributed by atoms with E-state index in [9.17, 15) is 9.59 Å². The lowest BCUT2D eigenvalue weighted by atomic mass is 9.93. The fourth-order valence-corrected chi connectivity index (χ4v) is 3.05. The molecule has 3 rings (SSSR count). The van der Waals surface area contributed by atoms with Crippen LogP contribution in [0.15, 0.2) is 48.9 Å². The average Bonchev–Trinajstić information content (AvgIpc) is 2.70. The first-order valence-corrected chi connectivity index (χ1v) is 8.87. The van der Waals surface area contributed by atoms with E-state index < -0.39 is 0 Å². The molecule has 0 unspecified atom stereocenters. The van der Waals surface area contributed by atoms with Gasteiger partial charge in [-0.1, -0.05) is 18.2 Å². The van der Waals surface area contributed by atoms with Gasteiger partial charge in [0.2, 0.25) is 0 Å². The predicted molar refractivity (Wildman–Crippen MR) is 98.7 cm³/mol. The molecule has 1 aliphatic heterocycles. The van der Waals surface area contributed by atoms with Gasteiger partial charge in [-0.3, -0.25) is 9.78 Å². The van der Waals surface area contributed by atoms with E-state index in [1.807, 2.05) is 35.2 Å². The zero-order valence-electron chi connectivity index (χ0n) is 14.6. The Balaban J connectivity index is 1.36. The number of hydrogen-bond donors (Lipinski definition) is 2. The highest BCUT2D eigenvalue weighted by molar-refractivity contribution is 5.91. The molecule has 2 heterocycles. The summed E-state index contributed by atoms with van der Waals surface area (Å²) in [6.07, 6.45) is 7.30. The van der Waals surface area contributed by atoms with Gasteiger partial charge >= 0.3 is 6.03 Å². The highest BCUT2D eigenvalue weighted by atomic mass is 16.2. The molecule has 1 fully saturated rings. The molecule has 0 aliphatic carbocycles. The third kappa shape index (κ3) is 5.02. The largest absolute Gasteiger partial charge is 0.351 e. The maximum atomic E-state index is 12.3. The Kier molecular flexibility index (Phi) is 6.14. The number of amides is 3. The number of likely N-dealkylation sites (tertiary alicyclic amines) is 1. The van der Waals surface area contributed by atoms with Crippen molar-refractivity contribution in [1.29, 1.82) is 0 Å². The van der Waals surface area contributed by atoms with Crippen LogP contribution < -0.4 is 10.6 Å². The molecule has 136 valence electrons. The van der Waals surface area contributed by atoms with Crippen molar-refractivity contribution < 1.29 is 9.59 Å². The monoisotopic (exact) mass is 353 g/mol. The van der Waals surface area contributed by atoms with E-state index in [2.05, 4.69) is 20.6 Å². The van der Waals surface area contributed by atoms with Crippen LogP contribution in [0.1, 0.15) is 29.8 Å². The summed E-state index contributed by atoms with van der Waals surface area (Å²) in [4.78, 5) is 33.9. The minimum absolute atomic E-state index is 0.0504. The van der Waals surface area contributed by atoms with Crippen LogP contribution in [0.2, 0.25) is 0 Å². The van der Waals surface area contributed by atoms with E-state index in [0.29, 0.717) is 18.2 Å². The van der Waals surface area contributed by atoms with Crippen LogP contribution in [-0.4, -0.2) is 46.4 Å². The first-order valence-electron chi connectivity index (χ1n) is 8.87. The number of hydrogen-bond acceptors (Lipinski definition) is 4. The lowest BCUT2D eigenvalue weighted by Gasteiger charge is -2.32. The van der Waals surface area contributed by atoms with Crippen LogP contribution >= 0.6 is 0 Å². The van der Waals surface area contributed by atoms with Crippen molar-refractivity contribution in [2.45, 2.75) is 19.3 Å². The molecule has 2 aromatic rings. The van der Waals surface area contributed by atoms with Crippen molar-refractivity contribution >= 4 is 17.6 Å². The summed E-state index contributed by atoms with van der Waals surface area (Å²) in [5, 5.41) is 5.80. The maximum Gasteiger partial charge on any atom is 0.321 e. The number of carbonyl (C=O) groups excluding carboxylic acids is 2. The van der Waals surface area contributed by atoms with Gasteiger partial charge in [-0.2, -0.15) is 0 Å². The number of aromatic nitrogens is 2. The van der Waals surface area contributed by atoms with E-state index >= 15 is 0 Å². The van der Waals surface area contributed by atoms with Crippen molar-refractivity contribution in [3.8, 4) is 0 Å². The number of para-hydroxylation sites is 1. The van der Waals surface area contributed by atoms with E-state index in [1.165, 1.54) is 12.4 Å². The fourth-order valence-electron chi connectivity index (χ4n) is 3.05. The first kappa shape index (κ1) is 17.8. The van der Waals surface area contributed by atoms with Gasteiger partial charge in [0.15, 0.2) is 0 Å². The topological polar surface area (TPSA) is 87.2 Å². The van der Waals surface area contributed by atoms with Gasteiger partial charge in [-0.05, 0) is 37.3 Å². The predicted octanol–water partition coefficient (Wildman–Crippen LogP) is 2.54. The number of anilines is 1. The molecular weight excluding hydrogens is 330 g/mol. The van der Waals surface area contributed by atoms with E-state index in [0.717, 1.165) is 38.0 Å². The Labute approximate surface area is 152 Å². The lowest BCUT2D eigenvalue weighted by molar-refractivity contribution is 0.0944. The Morgan fingerprint density at radius 3 is 2.58 bits per heavy atom. The van der Waals surface area contributed by atoms with Gasteiger partial charge < -0.3 is 15.5 Å². The molecule has 1 aromatic carbocycles. The Morgan fingerprint density at radius 2 is 1.88 bits per heavy atom. The molecule has 1 aromatic heterocycles. The van der Waals surface area contributed by atoms with Crippen molar-refractivity contribution in [2.24, 2.45) is 5.92 Å². The molecule has 2 N–H and O–H groups in total. The smallest absolute Gasteiger partial charge is 0.321 e. The molecule has 3 amide bonds. The summed E-state index contributed by atoms with van der Waals surface area (Å²) in [5.41, 5.74) is 1.14.